The van der Waals surface area contributed by atoms with Crippen LogP contribution in [0.3, 0.4) is 0 Å². The molecule has 0 aromatic heterocycles. The molecule has 2 aromatic rings. The van der Waals surface area contributed by atoms with Crippen LogP contribution in [0.1, 0.15) is 22.8 Å². The van der Waals surface area contributed by atoms with Gasteiger partial charge in [-0.3, -0.25) is 4.79 Å². The molecule has 6 heteroatoms. The molecule has 0 aliphatic heterocycles. The van der Waals surface area contributed by atoms with Crippen molar-refractivity contribution in [3.8, 4) is 0 Å². The van der Waals surface area contributed by atoms with Gasteiger partial charge in [0.2, 0.25) is 0 Å². The lowest BCUT2D eigenvalue weighted by Crippen LogP contribution is -2.30. The highest BCUT2D eigenvalue weighted by Gasteiger charge is 2.17. The van der Waals surface area contributed by atoms with Crippen LogP contribution in [-0.2, 0) is 4.79 Å². The zero-order chi connectivity index (χ0) is 16.8. The van der Waals surface area contributed by atoms with Crippen molar-refractivity contribution >= 4 is 40.9 Å². The molecule has 2 rings (SSSR count). The van der Waals surface area contributed by atoms with E-state index >= 15 is 0 Å². The molecule has 3 nitrogen and oxygen atoms in total. The van der Waals surface area contributed by atoms with E-state index in [2.05, 4.69) is 0 Å². The van der Waals surface area contributed by atoms with Crippen molar-refractivity contribution in [2.75, 3.05) is 5.75 Å². The second-order valence-corrected chi connectivity index (χ2v) is 7.17. The van der Waals surface area contributed by atoms with E-state index in [0.717, 1.165) is 11.1 Å². The molecule has 0 aliphatic rings. The summed E-state index contributed by atoms with van der Waals surface area (Å²) in [5.41, 5.74) is 7.78. The lowest BCUT2D eigenvalue weighted by Gasteiger charge is -2.18. The number of nitrogens with two attached hydrogens (primary N) is 1. The summed E-state index contributed by atoms with van der Waals surface area (Å²) in [5, 5.41) is 10.3. The minimum Gasteiger partial charge on any atom is -0.480 e. The SMILES string of the molecule is NC(CCSC(c1ccc(Cl)cc1)c1ccc(Cl)cc1)C(=O)O. The summed E-state index contributed by atoms with van der Waals surface area (Å²) in [4.78, 5) is 10.8. The highest BCUT2D eigenvalue weighted by Crippen LogP contribution is 2.37. The van der Waals surface area contributed by atoms with Gasteiger partial charge in [0.15, 0.2) is 0 Å². The first-order valence-corrected chi connectivity index (χ1v) is 8.89. The zero-order valence-corrected chi connectivity index (χ0v) is 14.6. The third kappa shape index (κ3) is 5.43. The Hall–Kier alpha value is -1.20. The monoisotopic (exact) mass is 369 g/mol. The third-order valence-corrected chi connectivity index (χ3v) is 5.23. The van der Waals surface area contributed by atoms with Crippen LogP contribution in [0.25, 0.3) is 0 Å². The fourth-order valence-electron chi connectivity index (χ4n) is 2.10. The number of halogens is 2. The molecule has 0 heterocycles. The van der Waals surface area contributed by atoms with E-state index < -0.39 is 12.0 Å². The van der Waals surface area contributed by atoms with E-state index in [9.17, 15) is 4.79 Å². The van der Waals surface area contributed by atoms with Gasteiger partial charge in [0.05, 0.1) is 5.25 Å². The Morgan fingerprint density at radius 1 is 1.00 bits per heavy atom. The molecule has 0 spiro atoms. The fraction of sp³-hybridized carbons (Fsp3) is 0.235. The average Bonchev–Trinajstić information content (AvgIpc) is 2.53. The molecule has 1 atom stereocenters. The number of hydrogen-bond donors (Lipinski definition) is 2. The number of aliphatic carboxylic acids is 1. The van der Waals surface area contributed by atoms with Gasteiger partial charge in [-0.25, -0.2) is 0 Å². The van der Waals surface area contributed by atoms with Gasteiger partial charge in [-0.2, -0.15) is 0 Å². The Labute approximate surface area is 149 Å². The topological polar surface area (TPSA) is 63.3 Å². The number of thioether (sulfide) groups is 1. The zero-order valence-electron chi connectivity index (χ0n) is 12.3. The lowest BCUT2D eigenvalue weighted by atomic mass is 10.0. The Bertz CT molecular complexity index is 601. The minimum absolute atomic E-state index is 0.0746. The van der Waals surface area contributed by atoms with Gasteiger partial charge in [-0.15, -0.1) is 11.8 Å². The Kier molecular flexibility index (Phi) is 6.78. The van der Waals surface area contributed by atoms with E-state index in [1.54, 1.807) is 11.8 Å². The van der Waals surface area contributed by atoms with Gasteiger partial charge < -0.3 is 10.8 Å². The highest BCUT2D eigenvalue weighted by atomic mass is 35.5. The van der Waals surface area contributed by atoms with Gasteiger partial charge in [-0.05, 0) is 47.6 Å². The van der Waals surface area contributed by atoms with Gasteiger partial charge in [-0.1, -0.05) is 47.5 Å². The quantitative estimate of drug-likeness (QED) is 0.747. The van der Waals surface area contributed by atoms with Crippen LogP contribution in [0.15, 0.2) is 48.5 Å². The van der Waals surface area contributed by atoms with Crippen LogP contribution in [0.4, 0.5) is 0 Å². The van der Waals surface area contributed by atoms with Gasteiger partial charge in [0.1, 0.15) is 6.04 Å². The molecular formula is C17H17Cl2NO2S. The van der Waals surface area contributed by atoms with Crippen LogP contribution in [0.5, 0.6) is 0 Å². The Morgan fingerprint density at radius 3 is 1.83 bits per heavy atom. The molecule has 0 amide bonds. The van der Waals surface area contributed by atoms with Crippen LogP contribution in [0.2, 0.25) is 10.0 Å². The predicted molar refractivity (Wildman–Crippen MR) is 97.4 cm³/mol. The van der Waals surface area contributed by atoms with Gasteiger partial charge in [0, 0.05) is 10.0 Å². The normalized spacial score (nSPS) is 12.3. The molecule has 0 saturated carbocycles. The van der Waals surface area contributed by atoms with Crippen LogP contribution in [0, 0.1) is 0 Å². The number of benzene rings is 2. The van der Waals surface area contributed by atoms with Crippen molar-refractivity contribution in [3.05, 3.63) is 69.7 Å². The number of carboxylic acids is 1. The van der Waals surface area contributed by atoms with E-state index in [-0.39, 0.29) is 5.25 Å². The summed E-state index contributed by atoms with van der Waals surface area (Å²) in [6.45, 7) is 0. The maximum atomic E-state index is 10.8. The van der Waals surface area contributed by atoms with Crippen molar-refractivity contribution in [2.24, 2.45) is 5.73 Å². The molecule has 0 saturated heterocycles. The molecule has 1 unspecified atom stereocenters. The largest absolute Gasteiger partial charge is 0.480 e. The molecule has 3 N–H and O–H groups in total. The summed E-state index contributed by atoms with van der Waals surface area (Å²) >= 11 is 13.6. The van der Waals surface area contributed by atoms with E-state index in [4.69, 9.17) is 34.0 Å². The first kappa shape index (κ1) is 18.1. The third-order valence-electron chi connectivity index (χ3n) is 3.38. The second kappa shape index (κ2) is 8.60. The lowest BCUT2D eigenvalue weighted by molar-refractivity contribution is -0.138. The van der Waals surface area contributed by atoms with E-state index in [1.165, 1.54) is 0 Å². The number of rotatable bonds is 7. The summed E-state index contributed by atoms with van der Waals surface area (Å²) in [6, 6.07) is 14.5. The van der Waals surface area contributed by atoms with Crippen LogP contribution < -0.4 is 5.73 Å². The van der Waals surface area contributed by atoms with Gasteiger partial charge >= 0.3 is 5.97 Å². The fourth-order valence-corrected chi connectivity index (χ4v) is 3.67. The van der Waals surface area contributed by atoms with Crippen molar-refractivity contribution in [1.82, 2.24) is 0 Å². The maximum absolute atomic E-state index is 10.8. The second-order valence-electron chi connectivity index (χ2n) is 5.09. The molecule has 0 fully saturated rings. The first-order valence-electron chi connectivity index (χ1n) is 7.08. The summed E-state index contributed by atoms with van der Waals surface area (Å²) in [7, 11) is 0. The standard InChI is InChI=1S/C17H17Cl2NO2S/c18-13-5-1-11(2-6-13)16(12-3-7-14(19)8-4-12)23-10-9-15(20)17(21)22/h1-8,15-16H,9-10,20H2,(H,21,22). The van der Waals surface area contributed by atoms with Crippen molar-refractivity contribution in [2.45, 2.75) is 17.7 Å². The molecular weight excluding hydrogens is 353 g/mol. The average molecular weight is 370 g/mol. The summed E-state index contributed by atoms with van der Waals surface area (Å²) < 4.78 is 0. The molecule has 0 radical (unpaired) electrons. The molecule has 122 valence electrons. The molecule has 2 aromatic carbocycles. The smallest absolute Gasteiger partial charge is 0.320 e. The van der Waals surface area contributed by atoms with Gasteiger partial charge in [0.25, 0.3) is 0 Å². The van der Waals surface area contributed by atoms with Crippen molar-refractivity contribution in [1.29, 1.82) is 0 Å². The number of hydrogen-bond acceptors (Lipinski definition) is 3. The first-order chi connectivity index (χ1) is 11.0. The van der Waals surface area contributed by atoms with Crippen molar-refractivity contribution < 1.29 is 9.90 Å². The number of carbonyl (C=O) groups is 1. The maximum Gasteiger partial charge on any atom is 0.320 e. The van der Waals surface area contributed by atoms with Crippen LogP contribution in [-0.4, -0.2) is 22.9 Å². The highest BCUT2D eigenvalue weighted by molar-refractivity contribution is 7.99. The minimum atomic E-state index is -0.972. The van der Waals surface area contributed by atoms with Crippen LogP contribution >= 0.6 is 35.0 Å². The predicted octanol–water partition coefficient (Wildman–Crippen LogP) is 4.62. The molecule has 0 bridgehead atoms. The summed E-state index contributed by atoms with van der Waals surface area (Å²) in [5.74, 6) is -0.330. The van der Waals surface area contributed by atoms with E-state index in [0.29, 0.717) is 22.2 Å². The number of carboxylic acid groups (broad SMARTS) is 1. The van der Waals surface area contributed by atoms with Crippen molar-refractivity contribution in [3.63, 3.8) is 0 Å². The Morgan fingerprint density at radius 2 is 1.43 bits per heavy atom. The molecule has 0 aliphatic carbocycles. The molecule has 23 heavy (non-hydrogen) atoms. The van der Waals surface area contributed by atoms with E-state index in [1.807, 2.05) is 48.5 Å². The Balaban J connectivity index is 2.16. The summed E-state index contributed by atoms with van der Waals surface area (Å²) in [6.07, 6.45) is 0.414.